The Balaban J connectivity index is 2.44. The molecule has 0 saturated heterocycles. The van der Waals surface area contributed by atoms with Crippen molar-refractivity contribution in [2.45, 2.75) is 39.8 Å². The molecule has 3 nitrogen and oxygen atoms in total. The van der Waals surface area contributed by atoms with Crippen LogP contribution < -0.4 is 5.32 Å². The zero-order chi connectivity index (χ0) is 14.5. The molecule has 1 aromatic carbocycles. The third-order valence-corrected chi connectivity index (χ3v) is 4.56. The second-order valence-corrected chi connectivity index (χ2v) is 5.73. The number of halogens is 1. The molecule has 0 fully saturated rings. The predicted octanol–water partition coefficient (Wildman–Crippen LogP) is 4.06. The molecule has 20 heavy (non-hydrogen) atoms. The van der Waals surface area contributed by atoms with E-state index < -0.39 is 0 Å². The smallest absolute Gasteiger partial charge is 0.0759 e. The molecule has 0 aliphatic rings. The van der Waals surface area contributed by atoms with Crippen molar-refractivity contribution in [3.8, 4) is 0 Å². The van der Waals surface area contributed by atoms with Gasteiger partial charge in [-0.2, -0.15) is 5.10 Å². The molecule has 1 N–H and O–H groups in total. The number of hydrogen-bond donors (Lipinski definition) is 1. The first-order chi connectivity index (χ1) is 9.69. The fourth-order valence-electron chi connectivity index (χ4n) is 2.41. The van der Waals surface area contributed by atoms with Crippen LogP contribution in [-0.4, -0.2) is 16.3 Å². The number of nitrogens with zero attached hydrogens (tertiary/aromatic N) is 2. The van der Waals surface area contributed by atoms with Crippen LogP contribution in [-0.2, 0) is 6.54 Å². The van der Waals surface area contributed by atoms with Crippen molar-refractivity contribution in [1.82, 2.24) is 15.1 Å². The molecule has 0 amide bonds. The summed E-state index contributed by atoms with van der Waals surface area (Å²) in [6, 6.07) is 8.69. The molecule has 0 aliphatic heterocycles. The number of nitrogens with one attached hydrogen (secondary N) is 1. The van der Waals surface area contributed by atoms with E-state index in [1.54, 1.807) is 0 Å². The predicted molar refractivity (Wildman–Crippen MR) is 86.9 cm³/mol. The SMILES string of the molecule is CCCNC(c1cccc(C)c1Br)c1ccnn1CC. The summed E-state index contributed by atoms with van der Waals surface area (Å²) >= 11 is 3.74. The molecule has 0 spiro atoms. The van der Waals surface area contributed by atoms with Gasteiger partial charge in [0.1, 0.15) is 0 Å². The van der Waals surface area contributed by atoms with E-state index in [0.29, 0.717) is 0 Å². The zero-order valence-corrected chi connectivity index (χ0v) is 13.9. The Morgan fingerprint density at radius 3 is 2.80 bits per heavy atom. The van der Waals surface area contributed by atoms with Crippen molar-refractivity contribution in [3.05, 3.63) is 51.8 Å². The van der Waals surface area contributed by atoms with Crippen LogP contribution in [0.1, 0.15) is 43.1 Å². The van der Waals surface area contributed by atoms with Crippen LogP contribution in [0.5, 0.6) is 0 Å². The van der Waals surface area contributed by atoms with Gasteiger partial charge in [0.2, 0.25) is 0 Å². The Kier molecular flexibility index (Phi) is 5.38. The number of aryl methyl sites for hydroxylation is 2. The fourth-order valence-corrected chi connectivity index (χ4v) is 2.90. The molecule has 4 heteroatoms. The molecular formula is C16H22BrN3. The van der Waals surface area contributed by atoms with E-state index in [4.69, 9.17) is 0 Å². The quantitative estimate of drug-likeness (QED) is 0.862. The second kappa shape index (κ2) is 7.04. The van der Waals surface area contributed by atoms with Gasteiger partial charge in [0.25, 0.3) is 0 Å². The molecule has 0 bridgehead atoms. The third-order valence-electron chi connectivity index (χ3n) is 3.48. The van der Waals surface area contributed by atoms with Crippen LogP contribution in [0.25, 0.3) is 0 Å². The van der Waals surface area contributed by atoms with Gasteiger partial charge < -0.3 is 5.32 Å². The normalized spacial score (nSPS) is 12.6. The van der Waals surface area contributed by atoms with Gasteiger partial charge in [0.05, 0.1) is 11.7 Å². The average Bonchev–Trinajstić information content (AvgIpc) is 2.92. The lowest BCUT2D eigenvalue weighted by atomic mass is 10.0. The Labute approximate surface area is 129 Å². The fraction of sp³-hybridized carbons (Fsp3) is 0.438. The van der Waals surface area contributed by atoms with Crippen LogP contribution >= 0.6 is 15.9 Å². The Morgan fingerprint density at radius 2 is 2.10 bits per heavy atom. The molecular weight excluding hydrogens is 314 g/mol. The lowest BCUT2D eigenvalue weighted by Crippen LogP contribution is -2.26. The van der Waals surface area contributed by atoms with Crippen LogP contribution in [0, 0.1) is 6.92 Å². The Morgan fingerprint density at radius 1 is 1.30 bits per heavy atom. The summed E-state index contributed by atoms with van der Waals surface area (Å²) in [5.41, 5.74) is 3.74. The van der Waals surface area contributed by atoms with Gasteiger partial charge in [-0.05, 0) is 44.0 Å². The van der Waals surface area contributed by atoms with Crippen LogP contribution in [0.4, 0.5) is 0 Å². The van der Waals surface area contributed by atoms with Gasteiger partial charge in [0.15, 0.2) is 0 Å². The van der Waals surface area contributed by atoms with E-state index >= 15 is 0 Å². The minimum absolute atomic E-state index is 0.173. The topological polar surface area (TPSA) is 29.9 Å². The van der Waals surface area contributed by atoms with E-state index in [1.807, 2.05) is 6.20 Å². The first-order valence-corrected chi connectivity index (χ1v) is 7.98. The maximum atomic E-state index is 4.40. The van der Waals surface area contributed by atoms with Gasteiger partial charge >= 0.3 is 0 Å². The highest BCUT2D eigenvalue weighted by Crippen LogP contribution is 2.30. The monoisotopic (exact) mass is 335 g/mol. The van der Waals surface area contributed by atoms with E-state index in [2.05, 4.69) is 76.1 Å². The largest absolute Gasteiger partial charge is 0.305 e. The lowest BCUT2D eigenvalue weighted by Gasteiger charge is -2.22. The number of benzene rings is 1. The molecule has 0 saturated carbocycles. The number of hydrogen-bond acceptors (Lipinski definition) is 2. The van der Waals surface area contributed by atoms with Crippen molar-refractivity contribution in [3.63, 3.8) is 0 Å². The van der Waals surface area contributed by atoms with Crippen molar-refractivity contribution < 1.29 is 0 Å². The summed E-state index contributed by atoms with van der Waals surface area (Å²) in [5, 5.41) is 8.04. The summed E-state index contributed by atoms with van der Waals surface area (Å²) < 4.78 is 3.24. The van der Waals surface area contributed by atoms with Gasteiger partial charge in [0, 0.05) is 17.2 Å². The summed E-state index contributed by atoms with van der Waals surface area (Å²) in [5.74, 6) is 0. The van der Waals surface area contributed by atoms with Crippen molar-refractivity contribution >= 4 is 15.9 Å². The van der Waals surface area contributed by atoms with Gasteiger partial charge in [-0.1, -0.05) is 41.1 Å². The molecule has 1 aromatic heterocycles. The summed E-state index contributed by atoms with van der Waals surface area (Å²) in [6.07, 6.45) is 2.99. The Hall–Kier alpha value is -1.13. The lowest BCUT2D eigenvalue weighted by molar-refractivity contribution is 0.528. The first-order valence-electron chi connectivity index (χ1n) is 7.19. The number of aromatic nitrogens is 2. The van der Waals surface area contributed by atoms with Crippen LogP contribution in [0.15, 0.2) is 34.9 Å². The van der Waals surface area contributed by atoms with E-state index in [-0.39, 0.29) is 6.04 Å². The number of rotatable bonds is 6. The molecule has 108 valence electrons. The maximum absolute atomic E-state index is 4.40. The first kappa shape index (κ1) is 15.3. The average molecular weight is 336 g/mol. The molecule has 2 aromatic rings. The molecule has 0 aliphatic carbocycles. The van der Waals surface area contributed by atoms with Gasteiger partial charge in [-0.3, -0.25) is 4.68 Å². The van der Waals surface area contributed by atoms with E-state index in [0.717, 1.165) is 19.5 Å². The van der Waals surface area contributed by atoms with Crippen molar-refractivity contribution in [1.29, 1.82) is 0 Å². The molecule has 1 atom stereocenters. The zero-order valence-electron chi connectivity index (χ0n) is 12.4. The third kappa shape index (κ3) is 3.13. The minimum Gasteiger partial charge on any atom is -0.305 e. The molecule has 1 unspecified atom stereocenters. The van der Waals surface area contributed by atoms with Crippen LogP contribution in [0.2, 0.25) is 0 Å². The van der Waals surface area contributed by atoms with Crippen LogP contribution in [0.3, 0.4) is 0 Å². The maximum Gasteiger partial charge on any atom is 0.0759 e. The highest BCUT2D eigenvalue weighted by Gasteiger charge is 2.20. The highest BCUT2D eigenvalue weighted by atomic mass is 79.9. The Bertz CT molecular complexity index is 563. The summed E-state index contributed by atoms with van der Waals surface area (Å²) in [4.78, 5) is 0. The van der Waals surface area contributed by atoms with Crippen molar-refractivity contribution in [2.24, 2.45) is 0 Å². The highest BCUT2D eigenvalue weighted by molar-refractivity contribution is 9.10. The van der Waals surface area contributed by atoms with Crippen molar-refractivity contribution in [2.75, 3.05) is 6.54 Å². The molecule has 2 rings (SSSR count). The minimum atomic E-state index is 0.173. The van der Waals surface area contributed by atoms with Gasteiger partial charge in [-0.15, -0.1) is 0 Å². The second-order valence-electron chi connectivity index (χ2n) is 4.94. The summed E-state index contributed by atoms with van der Waals surface area (Å²) in [7, 11) is 0. The summed E-state index contributed by atoms with van der Waals surface area (Å²) in [6.45, 7) is 8.31. The standard InChI is InChI=1S/C16H22BrN3/c1-4-10-18-16(14-9-11-19-20(14)5-2)13-8-6-7-12(3)15(13)17/h6-9,11,16,18H,4-5,10H2,1-3H3. The van der Waals surface area contributed by atoms with E-state index in [9.17, 15) is 0 Å². The van der Waals surface area contributed by atoms with Gasteiger partial charge in [-0.25, -0.2) is 0 Å². The van der Waals surface area contributed by atoms with E-state index in [1.165, 1.54) is 21.3 Å². The molecule has 0 radical (unpaired) electrons. The molecule has 1 heterocycles.